The third-order valence-electron chi connectivity index (χ3n) is 1.73. The van der Waals surface area contributed by atoms with Gasteiger partial charge in [-0.05, 0) is 12.5 Å². The predicted octanol–water partition coefficient (Wildman–Crippen LogP) is 1.38. The number of nitrogens with zero attached hydrogens (tertiary/aromatic N) is 3. The van der Waals surface area contributed by atoms with E-state index in [1.807, 2.05) is 37.3 Å². The molecule has 1 radical (unpaired) electrons. The maximum absolute atomic E-state index is 3.92. The largest absolute Gasteiger partial charge is 0.133 e. The molecule has 1 heterocycles. The van der Waals surface area contributed by atoms with E-state index in [-0.39, 0.29) is 0 Å². The van der Waals surface area contributed by atoms with Crippen molar-refractivity contribution in [2.75, 3.05) is 0 Å². The number of rotatable bonds is 1. The first kappa shape index (κ1) is 7.03. The average Bonchev–Trinajstić information content (AvgIpc) is 2.53. The zero-order chi connectivity index (χ0) is 8.39. The van der Waals surface area contributed by atoms with Crippen LogP contribution in [-0.2, 0) is 0 Å². The Morgan fingerprint density at radius 1 is 1.00 bits per heavy atom. The van der Waals surface area contributed by atoms with Crippen molar-refractivity contribution in [3.8, 4) is 0 Å². The highest BCUT2D eigenvalue weighted by Gasteiger charge is 2.11. The van der Waals surface area contributed by atoms with Crippen LogP contribution >= 0.6 is 0 Å². The van der Waals surface area contributed by atoms with Gasteiger partial charge in [0.05, 0.1) is 5.71 Å². The summed E-state index contributed by atoms with van der Waals surface area (Å²) in [4.78, 5) is 0. The third kappa shape index (κ3) is 1.09. The fourth-order valence-corrected chi connectivity index (χ4v) is 1.12. The molecule has 0 saturated carbocycles. The van der Waals surface area contributed by atoms with E-state index in [0.717, 1.165) is 17.0 Å². The van der Waals surface area contributed by atoms with E-state index >= 15 is 0 Å². The van der Waals surface area contributed by atoms with Gasteiger partial charge in [-0.15, -0.1) is 10.2 Å². The molecule has 1 aliphatic heterocycles. The monoisotopic (exact) mass is 158 g/mol. The second-order valence-electron chi connectivity index (χ2n) is 2.59. The smallest absolute Gasteiger partial charge is 0.118 e. The second kappa shape index (κ2) is 2.77. The Kier molecular flexibility index (Phi) is 1.63. The van der Waals surface area contributed by atoms with Gasteiger partial charge >= 0.3 is 0 Å². The first-order valence-corrected chi connectivity index (χ1v) is 3.76. The molecule has 0 aliphatic carbocycles. The van der Waals surface area contributed by atoms with Crippen LogP contribution in [0.15, 0.2) is 40.5 Å². The Hall–Kier alpha value is -1.64. The molecule has 0 amide bonds. The summed E-state index contributed by atoms with van der Waals surface area (Å²) in [5, 5.41) is 7.76. The summed E-state index contributed by atoms with van der Waals surface area (Å²) in [5.41, 5.74) is 6.41. The highest BCUT2D eigenvalue weighted by atomic mass is 15.5. The van der Waals surface area contributed by atoms with Gasteiger partial charge < -0.3 is 0 Å². The quantitative estimate of drug-likeness (QED) is 0.592. The lowest BCUT2D eigenvalue weighted by Gasteiger charge is -1.96. The summed E-state index contributed by atoms with van der Waals surface area (Å²) in [6, 6.07) is 9.92. The zero-order valence-corrected chi connectivity index (χ0v) is 6.73. The number of hydrogen-bond donors (Lipinski definition) is 0. The van der Waals surface area contributed by atoms with Crippen LogP contribution < -0.4 is 5.53 Å². The van der Waals surface area contributed by atoms with Crippen molar-refractivity contribution in [3.63, 3.8) is 0 Å². The molecule has 0 unspecified atom stereocenters. The van der Waals surface area contributed by atoms with Crippen LogP contribution in [0.3, 0.4) is 0 Å². The third-order valence-corrected chi connectivity index (χ3v) is 1.73. The minimum Gasteiger partial charge on any atom is -0.133 e. The Morgan fingerprint density at radius 3 is 2.33 bits per heavy atom. The molecule has 3 nitrogen and oxygen atoms in total. The van der Waals surface area contributed by atoms with Gasteiger partial charge in [0.2, 0.25) is 0 Å². The van der Waals surface area contributed by atoms with Gasteiger partial charge in [0.1, 0.15) is 5.71 Å². The normalized spacial score (nSPS) is 15.1. The maximum Gasteiger partial charge on any atom is 0.118 e. The van der Waals surface area contributed by atoms with Crippen LogP contribution in [-0.4, -0.2) is 11.4 Å². The molecule has 2 rings (SSSR count). The van der Waals surface area contributed by atoms with E-state index in [9.17, 15) is 0 Å². The lowest BCUT2D eigenvalue weighted by Crippen LogP contribution is -2.07. The molecule has 0 fully saturated rings. The molecule has 1 aromatic carbocycles. The Labute approximate surface area is 70.8 Å². The molecule has 0 spiro atoms. The summed E-state index contributed by atoms with van der Waals surface area (Å²) in [5.74, 6) is 0. The molecule has 0 bridgehead atoms. The summed E-state index contributed by atoms with van der Waals surface area (Å²) in [6.45, 7) is 1.91. The molecule has 1 aliphatic rings. The Balaban J connectivity index is 2.39. The van der Waals surface area contributed by atoms with Crippen LogP contribution in [0.25, 0.3) is 0 Å². The van der Waals surface area contributed by atoms with E-state index < -0.39 is 0 Å². The summed E-state index contributed by atoms with van der Waals surface area (Å²) >= 11 is 0. The van der Waals surface area contributed by atoms with Crippen LogP contribution in [0.1, 0.15) is 12.5 Å². The van der Waals surface area contributed by atoms with Gasteiger partial charge in [0, 0.05) is 5.56 Å². The Bertz CT molecular complexity index is 338. The van der Waals surface area contributed by atoms with Crippen molar-refractivity contribution in [1.29, 1.82) is 0 Å². The fraction of sp³-hybridized carbons (Fsp3) is 0.111. The number of benzene rings is 1. The van der Waals surface area contributed by atoms with E-state index in [2.05, 4.69) is 15.7 Å². The minimum atomic E-state index is 0.871. The molecule has 59 valence electrons. The van der Waals surface area contributed by atoms with Gasteiger partial charge in [-0.3, -0.25) is 0 Å². The van der Waals surface area contributed by atoms with Gasteiger partial charge in [-0.1, -0.05) is 30.3 Å². The van der Waals surface area contributed by atoms with Gasteiger partial charge in [0.15, 0.2) is 0 Å². The first-order valence-electron chi connectivity index (χ1n) is 3.76. The van der Waals surface area contributed by atoms with E-state index in [4.69, 9.17) is 0 Å². The maximum atomic E-state index is 3.92. The van der Waals surface area contributed by atoms with Crippen molar-refractivity contribution in [2.45, 2.75) is 6.92 Å². The van der Waals surface area contributed by atoms with E-state index in [1.165, 1.54) is 0 Å². The van der Waals surface area contributed by atoms with Crippen molar-refractivity contribution in [1.82, 2.24) is 5.53 Å². The van der Waals surface area contributed by atoms with Gasteiger partial charge in [-0.25, -0.2) is 0 Å². The molecule has 0 atom stereocenters. The molecule has 0 aromatic heterocycles. The summed E-state index contributed by atoms with van der Waals surface area (Å²) in [7, 11) is 0. The average molecular weight is 158 g/mol. The van der Waals surface area contributed by atoms with E-state index in [0.29, 0.717) is 0 Å². The summed E-state index contributed by atoms with van der Waals surface area (Å²) < 4.78 is 0. The van der Waals surface area contributed by atoms with Gasteiger partial charge in [-0.2, -0.15) is 0 Å². The van der Waals surface area contributed by atoms with Crippen LogP contribution in [0.5, 0.6) is 0 Å². The van der Waals surface area contributed by atoms with Crippen molar-refractivity contribution < 1.29 is 0 Å². The predicted molar refractivity (Wildman–Crippen MR) is 48.2 cm³/mol. The van der Waals surface area contributed by atoms with Gasteiger partial charge in [0.25, 0.3) is 0 Å². The lowest BCUT2D eigenvalue weighted by molar-refractivity contribution is 0.811. The van der Waals surface area contributed by atoms with Crippen LogP contribution in [0.2, 0.25) is 0 Å². The van der Waals surface area contributed by atoms with Crippen molar-refractivity contribution >= 4 is 11.4 Å². The van der Waals surface area contributed by atoms with Crippen molar-refractivity contribution in [2.24, 2.45) is 10.2 Å². The molecule has 12 heavy (non-hydrogen) atoms. The standard InChI is InChI=1S/C9H8N3/c1-7-9(11-12-10-7)8-5-3-2-4-6-8/h2-6H,1H3. The highest BCUT2D eigenvalue weighted by Crippen LogP contribution is 2.05. The molecular formula is C9H8N3. The first-order chi connectivity index (χ1) is 5.88. The molecule has 0 saturated heterocycles. The molecule has 1 aromatic rings. The fourth-order valence-electron chi connectivity index (χ4n) is 1.12. The van der Waals surface area contributed by atoms with E-state index in [1.54, 1.807) is 0 Å². The SMILES string of the molecule is CC1=N[N]N=C1c1ccccc1. The van der Waals surface area contributed by atoms with Crippen molar-refractivity contribution in [3.05, 3.63) is 35.9 Å². The second-order valence-corrected chi connectivity index (χ2v) is 2.59. The lowest BCUT2D eigenvalue weighted by atomic mass is 10.1. The molecule has 3 heteroatoms. The number of hydrogen-bond acceptors (Lipinski definition) is 2. The zero-order valence-electron chi connectivity index (χ0n) is 6.73. The molecule has 0 N–H and O–H groups in total. The Morgan fingerprint density at radius 2 is 1.75 bits per heavy atom. The minimum absolute atomic E-state index is 0.871. The van der Waals surface area contributed by atoms with Crippen LogP contribution in [0, 0.1) is 0 Å². The van der Waals surface area contributed by atoms with Crippen LogP contribution in [0.4, 0.5) is 0 Å². The summed E-state index contributed by atoms with van der Waals surface area (Å²) in [6.07, 6.45) is 0. The molecular weight excluding hydrogens is 150 g/mol. The topological polar surface area (TPSA) is 38.8 Å². The highest BCUT2D eigenvalue weighted by molar-refractivity contribution is 6.48.